The number of nitrogens with one attached hydrogen (secondary N) is 1. The molecule has 0 saturated heterocycles. The third-order valence-electron chi connectivity index (χ3n) is 6.49. The third kappa shape index (κ3) is 5.34. The highest BCUT2D eigenvalue weighted by atomic mass is 79.9. The second-order valence-electron chi connectivity index (χ2n) is 9.32. The second kappa shape index (κ2) is 11.2. The smallest absolute Gasteiger partial charge is 0.308 e. The molecule has 0 saturated carbocycles. The molecule has 0 spiro atoms. The minimum Gasteiger partial charge on any atom is -0.469 e. The molecule has 5 rings (SSSR count). The van der Waals surface area contributed by atoms with Gasteiger partial charge in [0.15, 0.2) is 17.4 Å². The third-order valence-corrected chi connectivity index (χ3v) is 7.28. The van der Waals surface area contributed by atoms with Gasteiger partial charge >= 0.3 is 5.97 Å². The quantitative estimate of drug-likeness (QED) is 0.120. The molecule has 0 bridgehead atoms. The van der Waals surface area contributed by atoms with E-state index in [2.05, 4.69) is 31.0 Å². The summed E-state index contributed by atoms with van der Waals surface area (Å²) >= 11 is 3.25. The summed E-state index contributed by atoms with van der Waals surface area (Å²) in [6.45, 7) is 1.72. The van der Waals surface area contributed by atoms with Crippen molar-refractivity contribution >= 4 is 38.6 Å². The molecule has 0 aliphatic carbocycles. The fraction of sp³-hybridized carbons (Fsp3) is 0.172. The van der Waals surface area contributed by atoms with Crippen LogP contribution in [0.2, 0.25) is 0 Å². The van der Waals surface area contributed by atoms with Gasteiger partial charge in [-0.2, -0.15) is 4.39 Å². The van der Waals surface area contributed by atoms with Crippen molar-refractivity contribution in [3.8, 4) is 22.9 Å². The van der Waals surface area contributed by atoms with Crippen LogP contribution < -0.4 is 4.74 Å². The molecule has 0 unspecified atom stereocenters. The summed E-state index contributed by atoms with van der Waals surface area (Å²) in [5.74, 6) is -4.90. The molecule has 3 aromatic carbocycles. The second-order valence-corrected chi connectivity index (χ2v) is 10.1. The molecule has 2 aromatic heterocycles. The molecule has 0 radical (unpaired) electrons. The van der Waals surface area contributed by atoms with Gasteiger partial charge in [0.1, 0.15) is 11.6 Å². The van der Waals surface area contributed by atoms with E-state index in [9.17, 15) is 22.8 Å². The Morgan fingerprint density at radius 2 is 1.88 bits per heavy atom. The number of H-pyrrole nitrogens is 1. The normalized spacial score (nSPS) is 12.0. The number of carbonyl (C=O) groups excluding carboxylic acids is 2. The fourth-order valence-corrected chi connectivity index (χ4v) is 5.02. The topological polar surface area (TPSA) is 99.1 Å². The summed E-state index contributed by atoms with van der Waals surface area (Å²) in [4.78, 5) is 31.9. The lowest BCUT2D eigenvalue weighted by atomic mass is 9.98. The van der Waals surface area contributed by atoms with Gasteiger partial charge in [-0.25, -0.2) is 18.4 Å². The summed E-state index contributed by atoms with van der Waals surface area (Å²) in [7, 11) is 2.80. The molecule has 0 amide bonds. The molecular weight excluding hydrogens is 605 g/mol. The zero-order valence-electron chi connectivity index (χ0n) is 22.0. The maximum Gasteiger partial charge on any atom is 0.308 e. The number of nitrogens with zero attached hydrogens (tertiary/aromatic N) is 3. The molecule has 1 atom stereocenters. The SMILES string of the molecule is COC(=O)[C@H](C)Cc1cccc(C(=O)c2nc(-c3cc(Oc4c(F)c(F)c5[nH]ccc5c4Br)ccc3F)n(C)n2)c1. The first-order chi connectivity index (χ1) is 19.6. The molecule has 0 fully saturated rings. The summed E-state index contributed by atoms with van der Waals surface area (Å²) in [5.41, 5.74) is 0.934. The minimum atomic E-state index is -1.23. The van der Waals surface area contributed by atoms with E-state index < -0.39 is 34.9 Å². The van der Waals surface area contributed by atoms with E-state index in [0.29, 0.717) is 11.8 Å². The summed E-state index contributed by atoms with van der Waals surface area (Å²) in [6, 6.07) is 11.9. The molecular formula is C29H22BrF3N4O4. The van der Waals surface area contributed by atoms with E-state index in [-0.39, 0.29) is 44.5 Å². The van der Waals surface area contributed by atoms with Gasteiger partial charge in [-0.3, -0.25) is 9.59 Å². The van der Waals surface area contributed by atoms with E-state index in [0.717, 1.165) is 11.6 Å². The highest BCUT2D eigenvalue weighted by Crippen LogP contribution is 2.40. The lowest BCUT2D eigenvalue weighted by molar-refractivity contribution is -0.144. The van der Waals surface area contributed by atoms with Gasteiger partial charge in [0.25, 0.3) is 0 Å². The van der Waals surface area contributed by atoms with Crippen LogP contribution in [0.3, 0.4) is 0 Å². The van der Waals surface area contributed by atoms with Crippen LogP contribution >= 0.6 is 15.9 Å². The van der Waals surface area contributed by atoms with Crippen LogP contribution in [-0.4, -0.2) is 38.6 Å². The van der Waals surface area contributed by atoms with Gasteiger partial charge in [-0.15, -0.1) is 5.10 Å². The Balaban J connectivity index is 1.44. The summed E-state index contributed by atoms with van der Waals surface area (Å²) in [5, 5.41) is 4.53. The van der Waals surface area contributed by atoms with Crippen LogP contribution in [0.5, 0.6) is 11.5 Å². The zero-order valence-corrected chi connectivity index (χ0v) is 23.6. The number of aromatic nitrogens is 4. The van der Waals surface area contributed by atoms with E-state index in [1.165, 1.54) is 37.2 Å². The molecule has 1 N–H and O–H groups in total. The van der Waals surface area contributed by atoms with Crippen LogP contribution in [0.1, 0.15) is 28.7 Å². The fourth-order valence-electron chi connectivity index (χ4n) is 4.43. The number of halogens is 4. The van der Waals surface area contributed by atoms with Crippen molar-refractivity contribution in [2.45, 2.75) is 13.3 Å². The number of hydrogen-bond donors (Lipinski definition) is 1. The van der Waals surface area contributed by atoms with Gasteiger partial charge in [0, 0.05) is 24.2 Å². The summed E-state index contributed by atoms with van der Waals surface area (Å²) < 4.78 is 56.2. The van der Waals surface area contributed by atoms with Gasteiger partial charge in [-0.1, -0.05) is 25.1 Å². The number of carbonyl (C=O) groups is 2. The molecule has 0 aliphatic rings. The number of fused-ring (bicyclic) bond motifs is 1. The van der Waals surface area contributed by atoms with Crippen LogP contribution in [0.15, 0.2) is 59.2 Å². The number of ether oxygens (including phenoxy) is 2. The van der Waals surface area contributed by atoms with Gasteiger partial charge in [0.05, 0.1) is 28.6 Å². The number of ketones is 1. The molecule has 5 aromatic rings. The van der Waals surface area contributed by atoms with Gasteiger partial charge < -0.3 is 14.5 Å². The van der Waals surface area contributed by atoms with Crippen LogP contribution in [0.25, 0.3) is 22.3 Å². The molecule has 12 heteroatoms. The van der Waals surface area contributed by atoms with Crippen molar-refractivity contribution in [3.05, 3.63) is 93.6 Å². The van der Waals surface area contributed by atoms with Crippen LogP contribution in [-0.2, 0) is 23.0 Å². The monoisotopic (exact) mass is 626 g/mol. The van der Waals surface area contributed by atoms with Crippen LogP contribution in [0.4, 0.5) is 13.2 Å². The van der Waals surface area contributed by atoms with Crippen molar-refractivity contribution in [2.24, 2.45) is 13.0 Å². The van der Waals surface area contributed by atoms with E-state index in [1.54, 1.807) is 37.3 Å². The number of hydrogen-bond acceptors (Lipinski definition) is 6. The van der Waals surface area contributed by atoms with E-state index in [4.69, 9.17) is 9.47 Å². The highest BCUT2D eigenvalue weighted by Gasteiger charge is 2.24. The Hall–Kier alpha value is -4.45. The average molecular weight is 627 g/mol. The zero-order chi connectivity index (χ0) is 29.4. The van der Waals surface area contributed by atoms with Crippen molar-refractivity contribution in [2.75, 3.05) is 7.11 Å². The predicted octanol–water partition coefficient (Wildman–Crippen LogP) is 6.52. The Kier molecular flexibility index (Phi) is 7.68. The number of esters is 1. The van der Waals surface area contributed by atoms with Crippen molar-refractivity contribution in [3.63, 3.8) is 0 Å². The predicted molar refractivity (Wildman–Crippen MR) is 147 cm³/mol. The summed E-state index contributed by atoms with van der Waals surface area (Å²) in [6.07, 6.45) is 1.83. The molecule has 0 aliphatic heterocycles. The first-order valence-electron chi connectivity index (χ1n) is 12.3. The van der Waals surface area contributed by atoms with Gasteiger partial charge in [-0.05, 0) is 58.2 Å². The Morgan fingerprint density at radius 3 is 2.63 bits per heavy atom. The van der Waals surface area contributed by atoms with Crippen molar-refractivity contribution in [1.82, 2.24) is 19.7 Å². The maximum absolute atomic E-state index is 15.0. The van der Waals surface area contributed by atoms with E-state index in [1.807, 2.05) is 0 Å². The lowest BCUT2D eigenvalue weighted by Crippen LogP contribution is -2.15. The lowest BCUT2D eigenvalue weighted by Gasteiger charge is -2.12. The van der Waals surface area contributed by atoms with Crippen molar-refractivity contribution in [1.29, 1.82) is 0 Å². The number of aryl methyl sites for hydroxylation is 1. The standard InChI is InChI=1S/C29H22BrF3N4O4/c1-14(29(39)40-3)11-15-5-4-6-16(12-15)25(38)27-35-28(37(2)36-27)19-13-17(7-8-20(19)31)41-26-21(30)18-9-10-34-24(18)22(32)23(26)33/h4-10,12-14,34H,11H2,1-3H3/t14-/m1/s1. The number of aromatic amines is 1. The number of methoxy groups -OCH3 is 1. The Labute approximate surface area is 240 Å². The Bertz CT molecular complexity index is 1820. The molecule has 41 heavy (non-hydrogen) atoms. The molecule has 8 nitrogen and oxygen atoms in total. The average Bonchev–Trinajstić information content (AvgIpc) is 3.61. The van der Waals surface area contributed by atoms with Crippen LogP contribution in [0, 0.1) is 23.4 Å². The highest BCUT2D eigenvalue weighted by molar-refractivity contribution is 9.10. The maximum atomic E-state index is 15.0. The van der Waals surface area contributed by atoms with Gasteiger partial charge in [0.2, 0.25) is 17.4 Å². The molecule has 210 valence electrons. The van der Waals surface area contributed by atoms with Crippen molar-refractivity contribution < 1.29 is 32.2 Å². The Morgan fingerprint density at radius 1 is 1.10 bits per heavy atom. The largest absolute Gasteiger partial charge is 0.469 e. The number of benzene rings is 3. The van der Waals surface area contributed by atoms with E-state index >= 15 is 0 Å². The number of rotatable bonds is 8. The first kappa shape index (κ1) is 28.1. The first-order valence-corrected chi connectivity index (χ1v) is 13.1. The molecule has 2 heterocycles. The minimum absolute atomic E-state index is 0.00131.